The van der Waals surface area contributed by atoms with Gasteiger partial charge in [0.1, 0.15) is 5.69 Å². The molecule has 0 aliphatic carbocycles. The lowest BCUT2D eigenvalue weighted by atomic mass is 10.2. The second kappa shape index (κ2) is 5.42. The van der Waals surface area contributed by atoms with Crippen LogP contribution in [0.5, 0.6) is 0 Å². The molecule has 1 aromatic heterocycles. The number of nitrogens with one attached hydrogen (secondary N) is 1. The molecule has 0 saturated carbocycles. The maximum Gasteiger partial charge on any atom is 0.274 e. The molecule has 6 nitrogen and oxygen atoms in total. The highest BCUT2D eigenvalue weighted by molar-refractivity contribution is 9.09. The van der Waals surface area contributed by atoms with Gasteiger partial charge in [-0.3, -0.25) is 9.59 Å². The molecule has 1 unspecified atom stereocenters. The van der Waals surface area contributed by atoms with Crippen molar-refractivity contribution in [3.63, 3.8) is 0 Å². The van der Waals surface area contributed by atoms with E-state index in [4.69, 9.17) is 4.74 Å². The van der Waals surface area contributed by atoms with E-state index >= 15 is 0 Å². The number of morpholine rings is 1. The van der Waals surface area contributed by atoms with Crippen LogP contribution in [0.25, 0.3) is 0 Å². The summed E-state index contributed by atoms with van der Waals surface area (Å²) in [6, 6.07) is 2.72. The van der Waals surface area contributed by atoms with Crippen LogP contribution in [-0.2, 0) is 4.74 Å². The maximum atomic E-state index is 12.0. The number of H-pyrrole nitrogens is 1. The Balaban J connectivity index is 2.09. The Morgan fingerprint density at radius 3 is 3.12 bits per heavy atom. The second-order valence-electron chi connectivity index (χ2n) is 3.70. The lowest BCUT2D eigenvalue weighted by Gasteiger charge is -2.31. The van der Waals surface area contributed by atoms with E-state index in [1.807, 2.05) is 0 Å². The van der Waals surface area contributed by atoms with Gasteiger partial charge < -0.3 is 9.64 Å². The molecule has 1 amide bonds. The van der Waals surface area contributed by atoms with E-state index in [1.165, 1.54) is 12.1 Å². The molecular weight excluding hydrogens is 290 g/mol. The normalized spacial score (nSPS) is 20.3. The van der Waals surface area contributed by atoms with E-state index in [0.29, 0.717) is 25.0 Å². The van der Waals surface area contributed by atoms with Crippen molar-refractivity contribution in [2.24, 2.45) is 0 Å². The highest BCUT2D eigenvalue weighted by Crippen LogP contribution is 2.10. The molecule has 1 saturated heterocycles. The molecule has 2 heterocycles. The van der Waals surface area contributed by atoms with Crippen molar-refractivity contribution < 1.29 is 9.53 Å². The molecule has 1 N–H and O–H groups in total. The number of hydrogen-bond donors (Lipinski definition) is 1. The standard InChI is InChI=1S/C10H12BrN3O3/c11-5-7-6-14(3-4-17-7)10(16)8-1-2-9(15)13-12-8/h1-2,7H,3-6H2,(H,13,15). The minimum atomic E-state index is -0.318. The lowest BCUT2D eigenvalue weighted by Crippen LogP contribution is -2.46. The summed E-state index contributed by atoms with van der Waals surface area (Å²) in [6.07, 6.45) is 0.00969. The van der Waals surface area contributed by atoms with Crippen molar-refractivity contribution in [3.8, 4) is 0 Å². The summed E-state index contributed by atoms with van der Waals surface area (Å²) in [5.74, 6) is -0.185. The third-order valence-corrected chi connectivity index (χ3v) is 3.22. The summed E-state index contributed by atoms with van der Waals surface area (Å²) in [6.45, 7) is 1.60. The number of ether oxygens (including phenoxy) is 1. The Labute approximate surface area is 106 Å². The first-order valence-corrected chi connectivity index (χ1v) is 6.35. The summed E-state index contributed by atoms with van der Waals surface area (Å²) in [7, 11) is 0. The molecule has 0 bridgehead atoms. The van der Waals surface area contributed by atoms with Gasteiger partial charge in [0.2, 0.25) is 0 Å². The number of aromatic nitrogens is 2. The number of alkyl halides is 1. The van der Waals surface area contributed by atoms with Gasteiger partial charge in [0, 0.05) is 24.5 Å². The SMILES string of the molecule is O=C(c1ccc(=O)[nH]n1)N1CCOC(CBr)C1. The van der Waals surface area contributed by atoms with Gasteiger partial charge in [-0.1, -0.05) is 15.9 Å². The number of carbonyl (C=O) groups is 1. The molecule has 7 heteroatoms. The Morgan fingerprint density at radius 2 is 2.47 bits per heavy atom. The van der Waals surface area contributed by atoms with E-state index in [1.54, 1.807) is 4.90 Å². The van der Waals surface area contributed by atoms with Crippen LogP contribution < -0.4 is 5.56 Å². The van der Waals surface area contributed by atoms with Gasteiger partial charge in [-0.25, -0.2) is 5.10 Å². The average Bonchev–Trinajstić information content (AvgIpc) is 2.39. The molecule has 1 fully saturated rings. The summed E-state index contributed by atoms with van der Waals surface area (Å²) < 4.78 is 5.44. The highest BCUT2D eigenvalue weighted by atomic mass is 79.9. The molecular formula is C10H12BrN3O3. The van der Waals surface area contributed by atoms with Crippen molar-refractivity contribution in [1.82, 2.24) is 15.1 Å². The predicted octanol–water partition coefficient (Wildman–Crippen LogP) is 0.00580. The number of halogens is 1. The summed E-state index contributed by atoms with van der Waals surface area (Å²) in [5, 5.41) is 6.66. The van der Waals surface area contributed by atoms with Gasteiger partial charge in [-0.05, 0) is 6.07 Å². The van der Waals surface area contributed by atoms with E-state index in [-0.39, 0.29) is 23.3 Å². The van der Waals surface area contributed by atoms with Crippen molar-refractivity contribution in [2.75, 3.05) is 25.0 Å². The smallest absolute Gasteiger partial charge is 0.274 e. The molecule has 92 valence electrons. The number of aromatic amines is 1. The van der Waals surface area contributed by atoms with E-state index in [9.17, 15) is 9.59 Å². The topological polar surface area (TPSA) is 75.3 Å². The van der Waals surface area contributed by atoms with Crippen molar-refractivity contribution in [3.05, 3.63) is 28.2 Å². The largest absolute Gasteiger partial charge is 0.374 e. The zero-order valence-electron chi connectivity index (χ0n) is 9.06. The van der Waals surface area contributed by atoms with Crippen molar-refractivity contribution >= 4 is 21.8 Å². The minimum Gasteiger partial charge on any atom is -0.374 e. The van der Waals surface area contributed by atoms with Crippen LogP contribution in [0.4, 0.5) is 0 Å². The first-order valence-electron chi connectivity index (χ1n) is 5.23. The quantitative estimate of drug-likeness (QED) is 0.781. The number of amides is 1. The minimum absolute atomic E-state index is 0.00969. The fourth-order valence-electron chi connectivity index (χ4n) is 1.62. The molecule has 0 spiro atoms. The number of hydrogen-bond acceptors (Lipinski definition) is 4. The van der Waals surface area contributed by atoms with E-state index < -0.39 is 0 Å². The summed E-state index contributed by atoms with van der Waals surface area (Å²) >= 11 is 3.33. The van der Waals surface area contributed by atoms with Crippen LogP contribution in [0.1, 0.15) is 10.5 Å². The van der Waals surface area contributed by atoms with Gasteiger partial charge in [-0.2, -0.15) is 5.10 Å². The Hall–Kier alpha value is -1.21. The maximum absolute atomic E-state index is 12.0. The Morgan fingerprint density at radius 1 is 1.65 bits per heavy atom. The molecule has 2 rings (SSSR count). The zero-order valence-corrected chi connectivity index (χ0v) is 10.6. The fraction of sp³-hybridized carbons (Fsp3) is 0.500. The second-order valence-corrected chi connectivity index (χ2v) is 4.35. The first kappa shape index (κ1) is 12.3. The average molecular weight is 302 g/mol. The number of rotatable bonds is 2. The number of nitrogens with zero attached hydrogens (tertiary/aromatic N) is 2. The lowest BCUT2D eigenvalue weighted by molar-refractivity contribution is -0.00992. The monoisotopic (exact) mass is 301 g/mol. The molecule has 17 heavy (non-hydrogen) atoms. The Kier molecular flexibility index (Phi) is 3.90. The molecule has 1 atom stereocenters. The molecule has 0 radical (unpaired) electrons. The highest BCUT2D eigenvalue weighted by Gasteiger charge is 2.25. The summed E-state index contributed by atoms with van der Waals surface area (Å²) in [5.41, 5.74) is -0.0679. The van der Waals surface area contributed by atoms with Crippen LogP contribution >= 0.6 is 15.9 Å². The van der Waals surface area contributed by atoms with Gasteiger partial charge in [0.25, 0.3) is 11.5 Å². The summed E-state index contributed by atoms with van der Waals surface area (Å²) in [4.78, 5) is 24.6. The van der Waals surface area contributed by atoms with Gasteiger partial charge in [0.05, 0.1) is 12.7 Å². The van der Waals surface area contributed by atoms with Crippen LogP contribution in [0, 0.1) is 0 Å². The van der Waals surface area contributed by atoms with Crippen LogP contribution in [0.2, 0.25) is 0 Å². The first-order chi connectivity index (χ1) is 8.20. The predicted molar refractivity (Wildman–Crippen MR) is 64.3 cm³/mol. The molecule has 1 aliphatic heterocycles. The number of carbonyl (C=O) groups excluding carboxylic acids is 1. The fourth-order valence-corrected chi connectivity index (χ4v) is 2.01. The molecule has 1 aliphatic rings. The Bertz CT molecular complexity index is 442. The van der Waals surface area contributed by atoms with Crippen LogP contribution in [0.3, 0.4) is 0 Å². The molecule has 0 aromatic carbocycles. The third kappa shape index (κ3) is 2.92. The van der Waals surface area contributed by atoms with E-state index in [2.05, 4.69) is 26.1 Å². The van der Waals surface area contributed by atoms with Crippen LogP contribution in [0.15, 0.2) is 16.9 Å². The molecule has 1 aromatic rings. The zero-order chi connectivity index (χ0) is 12.3. The van der Waals surface area contributed by atoms with Gasteiger partial charge in [0.15, 0.2) is 0 Å². The van der Waals surface area contributed by atoms with Gasteiger partial charge in [-0.15, -0.1) is 0 Å². The van der Waals surface area contributed by atoms with E-state index in [0.717, 1.165) is 0 Å². The van der Waals surface area contributed by atoms with Gasteiger partial charge >= 0.3 is 0 Å². The third-order valence-electron chi connectivity index (χ3n) is 2.50. The van der Waals surface area contributed by atoms with Crippen LogP contribution in [-0.4, -0.2) is 52.1 Å². The van der Waals surface area contributed by atoms with Crippen molar-refractivity contribution in [2.45, 2.75) is 6.10 Å². The van der Waals surface area contributed by atoms with Crippen molar-refractivity contribution in [1.29, 1.82) is 0 Å².